The molecule has 0 heterocycles. The molecule has 0 radical (unpaired) electrons. The van der Waals surface area contributed by atoms with Gasteiger partial charge in [0.1, 0.15) is 0 Å². The van der Waals surface area contributed by atoms with Crippen molar-refractivity contribution in [2.24, 2.45) is 0 Å². The Hall–Kier alpha value is -9.11. The Morgan fingerprint density at radius 2 is 0.506 bits per heavy atom. The smallest absolute Gasteiger partial charge is 0.328 e. The molecule has 0 aromatic heterocycles. The number of carboxylic acids is 1. The van der Waals surface area contributed by atoms with Crippen LogP contribution in [0.5, 0.6) is 0 Å². The van der Waals surface area contributed by atoms with E-state index in [0.717, 1.165) is 36.5 Å². The Bertz CT molecular complexity index is 3250. The monoisotopic (exact) mass is 1000 g/mol. The average molecular weight is 1000 g/mol. The largest absolute Gasteiger partial charge is 0.478 e. The van der Waals surface area contributed by atoms with Gasteiger partial charge in [0.15, 0.2) is 0 Å². The molecule has 382 valence electrons. The van der Waals surface area contributed by atoms with Crippen molar-refractivity contribution in [1.29, 1.82) is 0 Å². The maximum atomic E-state index is 10.7. The molecule has 0 aliphatic heterocycles. The molecule has 0 bridgehead atoms. The number of hydrogen-bond donors (Lipinski definition) is 1. The van der Waals surface area contributed by atoms with Crippen molar-refractivity contribution in [1.82, 2.24) is 0 Å². The van der Waals surface area contributed by atoms with E-state index < -0.39 is 5.97 Å². The topological polar surface area (TPSA) is 37.3 Å². The van der Waals surface area contributed by atoms with Crippen LogP contribution < -0.4 is 0 Å². The van der Waals surface area contributed by atoms with Crippen LogP contribution in [0, 0.1) is 0 Å². The maximum Gasteiger partial charge on any atom is 0.328 e. The molecule has 0 atom stereocenters. The van der Waals surface area contributed by atoms with Crippen molar-refractivity contribution in [3.05, 3.63) is 340 Å². The van der Waals surface area contributed by atoms with E-state index in [1.165, 1.54) is 89.1 Å². The Balaban J connectivity index is 0.000000168. The predicted molar refractivity (Wildman–Crippen MR) is 333 cm³/mol. The molecule has 0 unspecified atom stereocenters. The lowest BCUT2D eigenvalue weighted by molar-refractivity contribution is -0.131. The third kappa shape index (κ3) is 15.7. The van der Waals surface area contributed by atoms with Gasteiger partial charge in [-0.1, -0.05) is 300 Å². The fourth-order valence-corrected chi connectivity index (χ4v) is 9.69. The summed E-state index contributed by atoms with van der Waals surface area (Å²) in [6, 6.07) is 89.4. The first-order valence-electron chi connectivity index (χ1n) is 26.8. The van der Waals surface area contributed by atoms with Crippen molar-refractivity contribution < 1.29 is 9.90 Å². The lowest BCUT2D eigenvalue weighted by Crippen LogP contribution is -1.95. The molecule has 0 amide bonds. The van der Waals surface area contributed by atoms with Gasteiger partial charge < -0.3 is 5.11 Å². The van der Waals surface area contributed by atoms with E-state index in [9.17, 15) is 4.79 Å². The van der Waals surface area contributed by atoms with E-state index in [4.69, 9.17) is 5.11 Å². The quantitative estimate of drug-likeness (QED) is 0.0774. The van der Waals surface area contributed by atoms with Gasteiger partial charge in [-0.15, -0.1) is 0 Å². The van der Waals surface area contributed by atoms with Gasteiger partial charge in [0.05, 0.1) is 0 Å². The third-order valence-corrected chi connectivity index (χ3v) is 13.3. The van der Waals surface area contributed by atoms with Crippen LogP contribution in [0.15, 0.2) is 273 Å². The highest BCUT2D eigenvalue weighted by atomic mass is 16.4. The van der Waals surface area contributed by atoms with Crippen LogP contribution >= 0.6 is 0 Å². The summed E-state index contributed by atoms with van der Waals surface area (Å²) in [5, 5.41) is 8.80. The second kappa shape index (κ2) is 29.7. The SMILES string of the molecule is C/C=C/c1ccc(/C(=C(/CC)c2ccccc2)c2ccccc2)cc1.C/C=C/c1ccc(/C(=C(/CC)c2ccccc2)c2ccccc2)cc1.CC/C(=C(\c1ccccc1)c1ccc(/C=C/C(=O)O)cc1)c1ccccc1. The van der Waals surface area contributed by atoms with Crippen LogP contribution in [0.25, 0.3) is 51.7 Å². The fraction of sp³-hybridized carbons (Fsp3) is 0.107. The van der Waals surface area contributed by atoms with Crippen LogP contribution in [-0.4, -0.2) is 11.1 Å². The minimum atomic E-state index is -0.943. The van der Waals surface area contributed by atoms with E-state index in [0.29, 0.717) is 0 Å². The van der Waals surface area contributed by atoms with Crippen molar-refractivity contribution in [2.45, 2.75) is 53.9 Å². The van der Waals surface area contributed by atoms with Crippen molar-refractivity contribution in [3.63, 3.8) is 0 Å². The van der Waals surface area contributed by atoms with Gasteiger partial charge in [-0.05, 0) is 139 Å². The van der Waals surface area contributed by atoms with Gasteiger partial charge in [0, 0.05) is 6.08 Å². The summed E-state index contributed by atoms with van der Waals surface area (Å²) in [4.78, 5) is 10.7. The average Bonchev–Trinajstić information content (AvgIpc) is 3.49. The molecule has 9 aromatic carbocycles. The summed E-state index contributed by atoms with van der Waals surface area (Å²) >= 11 is 0. The molecule has 1 N–H and O–H groups in total. The molecule has 2 nitrogen and oxygen atoms in total. The minimum Gasteiger partial charge on any atom is -0.478 e. The van der Waals surface area contributed by atoms with Gasteiger partial charge in [0.25, 0.3) is 0 Å². The minimum absolute atomic E-state index is 0.867. The molecule has 0 aliphatic rings. The Labute approximate surface area is 458 Å². The van der Waals surface area contributed by atoms with E-state index in [2.05, 4.69) is 276 Å². The van der Waals surface area contributed by atoms with E-state index in [1.807, 2.05) is 38.1 Å². The molecular formula is C75H70O2. The van der Waals surface area contributed by atoms with Crippen LogP contribution in [0.1, 0.15) is 121 Å². The fourth-order valence-electron chi connectivity index (χ4n) is 9.69. The molecular weight excluding hydrogens is 933 g/mol. The summed E-state index contributed by atoms with van der Waals surface area (Å²) in [6.07, 6.45) is 14.1. The zero-order chi connectivity index (χ0) is 54.0. The second-order valence-electron chi connectivity index (χ2n) is 18.4. The first-order valence-corrected chi connectivity index (χ1v) is 26.8. The summed E-state index contributed by atoms with van der Waals surface area (Å²) in [6.45, 7) is 10.7. The van der Waals surface area contributed by atoms with Gasteiger partial charge in [0.2, 0.25) is 0 Å². The highest BCUT2D eigenvalue weighted by Gasteiger charge is 2.15. The normalized spacial score (nSPS) is 12.2. The number of rotatable bonds is 16. The van der Waals surface area contributed by atoms with Gasteiger partial charge in [-0.3, -0.25) is 0 Å². The lowest BCUT2D eigenvalue weighted by Gasteiger charge is -2.16. The molecule has 9 aromatic rings. The molecule has 0 fully saturated rings. The maximum absolute atomic E-state index is 10.7. The molecule has 0 saturated carbocycles. The van der Waals surface area contributed by atoms with Crippen molar-refractivity contribution >= 4 is 57.6 Å². The molecule has 2 heteroatoms. The number of benzene rings is 9. The van der Waals surface area contributed by atoms with Gasteiger partial charge >= 0.3 is 5.97 Å². The molecule has 0 aliphatic carbocycles. The third-order valence-electron chi connectivity index (χ3n) is 13.3. The van der Waals surface area contributed by atoms with Crippen LogP contribution in [-0.2, 0) is 4.79 Å². The van der Waals surface area contributed by atoms with Crippen molar-refractivity contribution in [3.8, 4) is 0 Å². The summed E-state index contributed by atoms with van der Waals surface area (Å²) in [5.41, 5.74) is 22.4. The zero-order valence-electron chi connectivity index (χ0n) is 45.2. The lowest BCUT2D eigenvalue weighted by atomic mass is 9.88. The zero-order valence-corrected chi connectivity index (χ0v) is 45.2. The standard InChI is InChI=1S/C25H22O2.2C25H24/c1-2-23(20-9-5-3-6-10-20)25(21-11-7-4-8-12-21)22-16-13-19(14-17-22)15-18-24(26)27;2*1-3-11-20-16-18-23(19-17-20)25(22-14-9-6-10-15-22)24(4-2)21-12-7-5-8-13-21/h3-18H,2H2,1H3,(H,26,27);2*3,5-19H,4H2,1-2H3/b18-15+,25-23-;2*11-3+,25-24-. The first kappa shape index (κ1) is 55.6. The van der Waals surface area contributed by atoms with E-state index in [-0.39, 0.29) is 0 Å². The van der Waals surface area contributed by atoms with E-state index in [1.54, 1.807) is 6.08 Å². The highest BCUT2D eigenvalue weighted by Crippen LogP contribution is 2.37. The van der Waals surface area contributed by atoms with Crippen molar-refractivity contribution in [2.75, 3.05) is 0 Å². The summed E-state index contributed by atoms with van der Waals surface area (Å²) < 4.78 is 0. The number of allylic oxidation sites excluding steroid dienone is 5. The van der Waals surface area contributed by atoms with E-state index >= 15 is 0 Å². The number of carbonyl (C=O) groups is 1. The molecule has 77 heavy (non-hydrogen) atoms. The summed E-state index contributed by atoms with van der Waals surface area (Å²) in [7, 11) is 0. The molecule has 0 spiro atoms. The molecule has 9 rings (SSSR count). The summed E-state index contributed by atoms with van der Waals surface area (Å²) in [5.74, 6) is -0.943. The Morgan fingerprint density at radius 1 is 0.299 bits per heavy atom. The predicted octanol–water partition coefficient (Wildman–Crippen LogP) is 20.3. The first-order chi connectivity index (χ1) is 37.8. The van der Waals surface area contributed by atoms with Crippen LogP contribution in [0.3, 0.4) is 0 Å². The van der Waals surface area contributed by atoms with Gasteiger partial charge in [-0.25, -0.2) is 4.79 Å². The number of carboxylic acid groups (broad SMARTS) is 1. The number of aliphatic carboxylic acids is 1. The highest BCUT2D eigenvalue weighted by molar-refractivity contribution is 6.01. The van der Waals surface area contributed by atoms with Crippen LogP contribution in [0.2, 0.25) is 0 Å². The Kier molecular flexibility index (Phi) is 21.5. The van der Waals surface area contributed by atoms with Crippen LogP contribution in [0.4, 0.5) is 0 Å². The molecule has 0 saturated heterocycles. The van der Waals surface area contributed by atoms with Gasteiger partial charge in [-0.2, -0.15) is 0 Å². The number of hydrogen-bond acceptors (Lipinski definition) is 1. The Morgan fingerprint density at radius 3 is 0.714 bits per heavy atom. The second-order valence-corrected chi connectivity index (χ2v) is 18.4.